The van der Waals surface area contributed by atoms with Crippen molar-refractivity contribution >= 4 is 10.0 Å². The van der Waals surface area contributed by atoms with E-state index in [2.05, 4.69) is 9.71 Å². The average Bonchev–Trinajstić information content (AvgIpc) is 3.00. The predicted molar refractivity (Wildman–Crippen MR) is 70.5 cm³/mol. The van der Waals surface area contributed by atoms with E-state index < -0.39 is 10.0 Å². The topological polar surface area (TPSA) is 82.5 Å². The number of aromatic nitrogens is 2. The highest BCUT2D eigenvalue weighted by molar-refractivity contribution is 7.89. The van der Waals surface area contributed by atoms with Crippen molar-refractivity contribution in [1.82, 2.24) is 14.3 Å². The third kappa shape index (κ3) is 2.26. The van der Waals surface area contributed by atoms with Gasteiger partial charge in [0.05, 0.1) is 19.0 Å². The van der Waals surface area contributed by atoms with Crippen molar-refractivity contribution in [3.05, 3.63) is 12.5 Å². The normalized spacial score (nSPS) is 32.9. The van der Waals surface area contributed by atoms with E-state index in [0.717, 1.165) is 6.42 Å². The van der Waals surface area contributed by atoms with Crippen LogP contribution >= 0.6 is 0 Å². The fourth-order valence-corrected chi connectivity index (χ4v) is 4.48. The molecule has 3 rings (SSSR count). The molecular weight excluding hydrogens is 282 g/mol. The van der Waals surface area contributed by atoms with Crippen LogP contribution < -0.4 is 4.72 Å². The number of hydrogen-bond donors (Lipinski definition) is 1. The summed E-state index contributed by atoms with van der Waals surface area (Å²) in [5.74, 6) is 0.319. The van der Waals surface area contributed by atoms with E-state index in [4.69, 9.17) is 9.47 Å². The fraction of sp³-hybridized carbons (Fsp3) is 0.750. The minimum Gasteiger partial charge on any atom is -0.384 e. The summed E-state index contributed by atoms with van der Waals surface area (Å²) in [5, 5.41) is 0.0542. The summed E-state index contributed by atoms with van der Waals surface area (Å²) in [7, 11) is -0.225. The maximum atomic E-state index is 12.3. The molecule has 8 heteroatoms. The van der Waals surface area contributed by atoms with Gasteiger partial charge in [0.2, 0.25) is 0 Å². The maximum Gasteiger partial charge on any atom is 0.259 e. The molecule has 0 bridgehead atoms. The molecule has 0 radical (unpaired) electrons. The van der Waals surface area contributed by atoms with Gasteiger partial charge in [0, 0.05) is 44.8 Å². The smallest absolute Gasteiger partial charge is 0.259 e. The van der Waals surface area contributed by atoms with Crippen molar-refractivity contribution in [3.8, 4) is 0 Å². The van der Waals surface area contributed by atoms with Gasteiger partial charge >= 0.3 is 0 Å². The van der Waals surface area contributed by atoms with E-state index in [1.807, 2.05) is 0 Å². The number of imidazole rings is 1. The number of methoxy groups -OCH3 is 1. The molecule has 4 atom stereocenters. The van der Waals surface area contributed by atoms with E-state index in [1.165, 1.54) is 12.5 Å². The summed E-state index contributed by atoms with van der Waals surface area (Å²) >= 11 is 0. The molecule has 0 spiro atoms. The van der Waals surface area contributed by atoms with E-state index in [-0.39, 0.29) is 29.0 Å². The molecule has 1 aliphatic carbocycles. The summed E-state index contributed by atoms with van der Waals surface area (Å²) < 4.78 is 39.8. The highest BCUT2D eigenvalue weighted by Crippen LogP contribution is 2.44. The number of aryl methyl sites for hydroxylation is 1. The number of sulfonamides is 1. The molecule has 1 aromatic heterocycles. The molecule has 7 nitrogen and oxygen atoms in total. The zero-order valence-electron chi connectivity index (χ0n) is 11.5. The summed E-state index contributed by atoms with van der Waals surface area (Å²) in [6.45, 7) is 1.19. The van der Waals surface area contributed by atoms with Crippen LogP contribution in [-0.4, -0.2) is 50.4 Å². The second-order valence-electron chi connectivity index (χ2n) is 5.43. The Hall–Kier alpha value is -0.960. The Morgan fingerprint density at radius 1 is 1.60 bits per heavy atom. The lowest BCUT2D eigenvalue weighted by Gasteiger charge is -2.47. The second-order valence-corrected chi connectivity index (χ2v) is 7.09. The molecule has 0 amide bonds. The van der Waals surface area contributed by atoms with E-state index in [1.54, 1.807) is 18.7 Å². The molecule has 1 aromatic rings. The van der Waals surface area contributed by atoms with Crippen molar-refractivity contribution in [2.24, 2.45) is 18.9 Å². The lowest BCUT2D eigenvalue weighted by Crippen LogP contribution is -2.62. The summed E-state index contributed by atoms with van der Waals surface area (Å²) in [6, 6.07) is -0.130. The zero-order valence-corrected chi connectivity index (χ0v) is 12.3. The monoisotopic (exact) mass is 301 g/mol. The number of nitrogens with one attached hydrogen (secondary N) is 1. The van der Waals surface area contributed by atoms with Crippen LogP contribution in [0, 0.1) is 11.8 Å². The molecule has 2 fully saturated rings. The van der Waals surface area contributed by atoms with Gasteiger partial charge in [-0.1, -0.05) is 0 Å². The first-order chi connectivity index (χ1) is 9.53. The van der Waals surface area contributed by atoms with Gasteiger partial charge in [0.15, 0.2) is 5.03 Å². The van der Waals surface area contributed by atoms with Crippen LogP contribution in [0.15, 0.2) is 17.6 Å². The highest BCUT2D eigenvalue weighted by atomic mass is 32.2. The molecule has 0 unspecified atom stereocenters. The molecule has 2 aliphatic rings. The standard InChI is InChI=1S/C12H19N3O4S/c1-15-5-10(13-7-15)20(16,17)14-11-8-3-4-19-12(8)9(11)6-18-2/h5,7-9,11-12,14H,3-4,6H2,1-2H3/t8-,9+,11-,12-/m0/s1. The lowest BCUT2D eigenvalue weighted by molar-refractivity contribution is -0.0775. The number of nitrogens with zero attached hydrogens (tertiary/aromatic N) is 2. The fourth-order valence-electron chi connectivity index (χ4n) is 3.16. The Labute approximate surface area is 118 Å². The predicted octanol–water partition coefficient (Wildman–Crippen LogP) is -0.252. The number of ether oxygens (including phenoxy) is 2. The zero-order chi connectivity index (χ0) is 14.3. The van der Waals surface area contributed by atoms with Crippen LogP contribution in [-0.2, 0) is 26.5 Å². The van der Waals surface area contributed by atoms with E-state index in [0.29, 0.717) is 13.2 Å². The Kier molecular flexibility index (Phi) is 3.57. The summed E-state index contributed by atoms with van der Waals surface area (Å²) in [6.07, 6.45) is 3.98. The first kappa shape index (κ1) is 14.0. The second kappa shape index (κ2) is 5.10. The first-order valence-corrected chi connectivity index (χ1v) is 8.12. The molecule has 20 heavy (non-hydrogen) atoms. The van der Waals surface area contributed by atoms with Crippen molar-refractivity contribution in [1.29, 1.82) is 0 Å². The third-order valence-corrected chi connectivity index (χ3v) is 5.48. The third-order valence-electron chi connectivity index (χ3n) is 4.13. The van der Waals surface area contributed by atoms with Crippen LogP contribution in [0.2, 0.25) is 0 Å². The van der Waals surface area contributed by atoms with Gasteiger partial charge in [-0.05, 0) is 6.42 Å². The highest BCUT2D eigenvalue weighted by Gasteiger charge is 2.55. The quantitative estimate of drug-likeness (QED) is 0.811. The maximum absolute atomic E-state index is 12.3. The minimum atomic E-state index is -3.58. The first-order valence-electron chi connectivity index (χ1n) is 6.64. The van der Waals surface area contributed by atoms with Crippen LogP contribution in [0.25, 0.3) is 0 Å². The Balaban J connectivity index is 1.76. The van der Waals surface area contributed by atoms with Crippen LogP contribution in [0.1, 0.15) is 6.42 Å². The summed E-state index contributed by atoms with van der Waals surface area (Å²) in [5.41, 5.74) is 0. The van der Waals surface area contributed by atoms with Gasteiger partial charge in [-0.3, -0.25) is 0 Å². The lowest BCUT2D eigenvalue weighted by atomic mass is 9.68. The van der Waals surface area contributed by atoms with Crippen molar-refractivity contribution < 1.29 is 17.9 Å². The molecule has 0 aromatic carbocycles. The molecule has 1 aliphatic heterocycles. The number of hydrogen-bond acceptors (Lipinski definition) is 5. The largest absolute Gasteiger partial charge is 0.384 e. The van der Waals surface area contributed by atoms with Gasteiger partial charge < -0.3 is 14.0 Å². The van der Waals surface area contributed by atoms with Crippen molar-refractivity contribution in [2.75, 3.05) is 20.3 Å². The Morgan fingerprint density at radius 2 is 2.40 bits per heavy atom. The SMILES string of the molecule is COC[C@@H]1[C@@H](NS(=O)(=O)c2cn(C)cn2)[C@@H]2CCO[C@H]12. The van der Waals surface area contributed by atoms with Gasteiger partial charge in [-0.25, -0.2) is 18.1 Å². The number of fused-ring (bicyclic) bond motifs is 1. The Morgan fingerprint density at radius 3 is 3.05 bits per heavy atom. The van der Waals surface area contributed by atoms with Gasteiger partial charge in [0.1, 0.15) is 0 Å². The average molecular weight is 301 g/mol. The van der Waals surface area contributed by atoms with Gasteiger partial charge in [0.25, 0.3) is 10.0 Å². The van der Waals surface area contributed by atoms with E-state index >= 15 is 0 Å². The molecule has 2 heterocycles. The molecule has 1 saturated heterocycles. The number of rotatable bonds is 5. The summed E-state index contributed by atoms with van der Waals surface area (Å²) in [4.78, 5) is 3.91. The molecule has 1 saturated carbocycles. The molecule has 1 N–H and O–H groups in total. The van der Waals surface area contributed by atoms with Crippen LogP contribution in [0.5, 0.6) is 0 Å². The Bertz CT molecular complexity index is 585. The van der Waals surface area contributed by atoms with Gasteiger partial charge in [-0.15, -0.1) is 0 Å². The van der Waals surface area contributed by atoms with E-state index in [9.17, 15) is 8.42 Å². The van der Waals surface area contributed by atoms with Crippen LogP contribution in [0.4, 0.5) is 0 Å². The van der Waals surface area contributed by atoms with Crippen molar-refractivity contribution in [2.45, 2.75) is 23.6 Å². The molecule has 112 valence electrons. The van der Waals surface area contributed by atoms with Crippen molar-refractivity contribution in [3.63, 3.8) is 0 Å². The van der Waals surface area contributed by atoms with Gasteiger partial charge in [-0.2, -0.15) is 0 Å². The van der Waals surface area contributed by atoms with Crippen LogP contribution in [0.3, 0.4) is 0 Å². The molecular formula is C12H19N3O4S. The minimum absolute atomic E-state index is 0.0542.